The maximum absolute atomic E-state index is 15.2. The van der Waals surface area contributed by atoms with Crippen molar-refractivity contribution in [1.82, 2.24) is 4.90 Å². The molecule has 0 fully saturated rings. The quantitative estimate of drug-likeness (QED) is 0.185. The van der Waals surface area contributed by atoms with Crippen molar-refractivity contribution in [2.45, 2.75) is 44.1 Å². The van der Waals surface area contributed by atoms with Crippen LogP contribution in [-0.4, -0.2) is 41.8 Å². The molecule has 40 heavy (non-hydrogen) atoms. The van der Waals surface area contributed by atoms with E-state index in [0.29, 0.717) is 24.8 Å². The number of benzene rings is 2. The SMILES string of the molecule is C=C(c1ccc(/C(F)=C/C(c2cc(Cl)c(Cl)c(Cl)c2)C(F)(F)F)cc1C(C)(F)F)N(C)C(C)CSCC(F)(F)F. The topological polar surface area (TPSA) is 3.24 Å². The molecule has 2 atom stereocenters. The maximum Gasteiger partial charge on any atom is 0.399 e. The van der Waals surface area contributed by atoms with Gasteiger partial charge in [-0.2, -0.15) is 38.1 Å². The molecule has 14 heteroatoms. The Balaban J connectivity index is 2.47. The zero-order chi connectivity index (χ0) is 30.8. The van der Waals surface area contributed by atoms with Crippen molar-refractivity contribution < 1.29 is 39.5 Å². The first kappa shape index (κ1) is 34.5. The van der Waals surface area contributed by atoms with E-state index in [9.17, 15) is 35.1 Å². The fourth-order valence-corrected chi connectivity index (χ4v) is 5.12. The minimum Gasteiger partial charge on any atom is -0.371 e. The minimum atomic E-state index is -5.01. The molecule has 0 aliphatic heterocycles. The van der Waals surface area contributed by atoms with Crippen LogP contribution in [0, 0.1) is 0 Å². The molecule has 0 spiro atoms. The highest BCUT2D eigenvalue weighted by molar-refractivity contribution is 7.99. The van der Waals surface area contributed by atoms with Gasteiger partial charge < -0.3 is 4.90 Å². The predicted octanol–water partition coefficient (Wildman–Crippen LogP) is 11.0. The van der Waals surface area contributed by atoms with Gasteiger partial charge in [-0.05, 0) is 36.8 Å². The lowest BCUT2D eigenvalue weighted by molar-refractivity contribution is -0.139. The lowest BCUT2D eigenvalue weighted by Crippen LogP contribution is -2.31. The van der Waals surface area contributed by atoms with Gasteiger partial charge in [0.25, 0.3) is 5.92 Å². The molecule has 1 nitrogen and oxygen atoms in total. The van der Waals surface area contributed by atoms with Crippen LogP contribution in [0.25, 0.3) is 11.5 Å². The number of rotatable bonds is 10. The van der Waals surface area contributed by atoms with Crippen molar-refractivity contribution in [3.8, 4) is 0 Å². The van der Waals surface area contributed by atoms with Crippen LogP contribution in [0.4, 0.5) is 39.5 Å². The van der Waals surface area contributed by atoms with Gasteiger partial charge in [0.1, 0.15) is 11.7 Å². The number of allylic oxidation sites excluding steroid dienone is 1. The van der Waals surface area contributed by atoms with Gasteiger partial charge in [0.15, 0.2) is 0 Å². The van der Waals surface area contributed by atoms with Crippen LogP contribution in [0.15, 0.2) is 43.0 Å². The van der Waals surface area contributed by atoms with Crippen LogP contribution < -0.4 is 0 Å². The first-order valence-electron chi connectivity index (χ1n) is 11.3. The summed E-state index contributed by atoms with van der Waals surface area (Å²) in [4.78, 5) is 1.40. The largest absolute Gasteiger partial charge is 0.399 e. The van der Waals surface area contributed by atoms with E-state index in [1.165, 1.54) is 11.9 Å². The molecule has 0 heterocycles. The summed E-state index contributed by atoms with van der Waals surface area (Å²) < 4.78 is 123. The number of nitrogens with zero attached hydrogens (tertiary/aromatic N) is 1. The van der Waals surface area contributed by atoms with Gasteiger partial charge in [0, 0.05) is 48.2 Å². The van der Waals surface area contributed by atoms with E-state index in [1.54, 1.807) is 6.92 Å². The summed E-state index contributed by atoms with van der Waals surface area (Å²) >= 11 is 18.1. The molecule has 0 aliphatic carbocycles. The molecule has 0 radical (unpaired) electrons. The molecular weight excluding hydrogens is 636 g/mol. The molecule has 0 aliphatic rings. The molecule has 2 aromatic rings. The second kappa shape index (κ2) is 13.1. The van der Waals surface area contributed by atoms with Crippen LogP contribution in [0.2, 0.25) is 15.1 Å². The summed E-state index contributed by atoms with van der Waals surface area (Å²) in [5.41, 5.74) is -1.97. The third kappa shape index (κ3) is 9.16. The van der Waals surface area contributed by atoms with Gasteiger partial charge in [0.2, 0.25) is 0 Å². The van der Waals surface area contributed by atoms with Crippen molar-refractivity contribution in [1.29, 1.82) is 0 Å². The Labute approximate surface area is 245 Å². The van der Waals surface area contributed by atoms with Crippen molar-refractivity contribution in [2.24, 2.45) is 0 Å². The summed E-state index contributed by atoms with van der Waals surface area (Å²) in [6.07, 6.45) is -9.17. The van der Waals surface area contributed by atoms with E-state index in [2.05, 4.69) is 6.58 Å². The van der Waals surface area contributed by atoms with Gasteiger partial charge in [-0.1, -0.05) is 53.5 Å². The summed E-state index contributed by atoms with van der Waals surface area (Å²) in [6, 6.07) is 3.98. The van der Waals surface area contributed by atoms with E-state index in [-0.39, 0.29) is 38.2 Å². The van der Waals surface area contributed by atoms with Gasteiger partial charge >= 0.3 is 12.4 Å². The summed E-state index contributed by atoms with van der Waals surface area (Å²) in [5.74, 6) is -8.66. The van der Waals surface area contributed by atoms with Crippen LogP contribution in [0.1, 0.15) is 42.0 Å². The Kier molecular flexibility index (Phi) is 11.3. The number of hydrogen-bond acceptors (Lipinski definition) is 2. The Morgan fingerprint density at radius 3 is 2.02 bits per heavy atom. The molecular formula is C26H23Cl3F9NS. The van der Waals surface area contributed by atoms with Gasteiger partial charge in [-0.25, -0.2) is 13.2 Å². The van der Waals surface area contributed by atoms with E-state index in [4.69, 9.17) is 34.8 Å². The average molecular weight is 659 g/mol. The van der Waals surface area contributed by atoms with Crippen molar-refractivity contribution >= 4 is 58.1 Å². The molecule has 0 amide bonds. The second-order valence-corrected chi connectivity index (χ2v) is 11.2. The van der Waals surface area contributed by atoms with E-state index in [1.807, 2.05) is 0 Å². The Bertz CT molecular complexity index is 1230. The first-order chi connectivity index (χ1) is 18.1. The molecule has 2 rings (SSSR count). The fourth-order valence-electron chi connectivity index (χ4n) is 3.60. The summed E-state index contributed by atoms with van der Waals surface area (Å²) in [6.45, 7) is 5.85. The predicted molar refractivity (Wildman–Crippen MR) is 145 cm³/mol. The van der Waals surface area contributed by atoms with Crippen LogP contribution in [-0.2, 0) is 5.92 Å². The highest BCUT2D eigenvalue weighted by atomic mass is 35.5. The standard InChI is InChI=1S/C26H23Cl3F9NS/c1-13(11-40-12-25(33,34)35)39(4)14(2)17-6-5-15(7-19(17)24(3,31)32)22(30)10-18(26(36,37)38)16-8-20(27)23(29)21(28)9-16/h5-10,13,18H,2,11-12H2,1,3-4H3/b22-10-. The Morgan fingerprint density at radius 2 is 1.55 bits per heavy atom. The third-order valence-electron chi connectivity index (χ3n) is 5.82. The zero-order valence-electron chi connectivity index (χ0n) is 21.1. The normalized spacial score (nSPS) is 14.7. The molecule has 0 saturated carbocycles. The highest BCUT2D eigenvalue weighted by Crippen LogP contribution is 2.43. The lowest BCUT2D eigenvalue weighted by Gasteiger charge is -2.31. The summed E-state index contributed by atoms with van der Waals surface area (Å²) in [5, 5.41) is -0.780. The van der Waals surface area contributed by atoms with Crippen LogP contribution >= 0.6 is 46.6 Å². The number of halogens is 12. The first-order valence-corrected chi connectivity index (χ1v) is 13.6. The van der Waals surface area contributed by atoms with Gasteiger partial charge in [-0.3, -0.25) is 0 Å². The zero-order valence-corrected chi connectivity index (χ0v) is 24.2. The van der Waals surface area contributed by atoms with Crippen molar-refractivity contribution in [3.05, 3.63) is 80.3 Å². The smallest absolute Gasteiger partial charge is 0.371 e. The molecule has 0 N–H and O–H groups in total. The summed E-state index contributed by atoms with van der Waals surface area (Å²) in [7, 11) is 1.45. The third-order valence-corrected chi connectivity index (χ3v) is 8.27. The molecule has 2 unspecified atom stereocenters. The van der Waals surface area contributed by atoms with Gasteiger partial charge in [0.05, 0.1) is 20.8 Å². The molecule has 2 aromatic carbocycles. The molecule has 0 aromatic heterocycles. The van der Waals surface area contributed by atoms with E-state index in [0.717, 1.165) is 24.3 Å². The highest BCUT2D eigenvalue weighted by Gasteiger charge is 2.40. The fraction of sp³-hybridized carbons (Fsp3) is 0.385. The van der Waals surface area contributed by atoms with Crippen LogP contribution in [0.5, 0.6) is 0 Å². The molecule has 222 valence electrons. The van der Waals surface area contributed by atoms with Crippen LogP contribution in [0.3, 0.4) is 0 Å². The second-order valence-electron chi connectivity index (χ2n) is 9.02. The minimum absolute atomic E-state index is 0.000107. The van der Waals surface area contributed by atoms with E-state index < -0.39 is 58.5 Å². The Morgan fingerprint density at radius 1 is 1.00 bits per heavy atom. The number of hydrogen-bond donors (Lipinski definition) is 0. The number of thioether (sulfide) groups is 1. The molecule has 0 saturated heterocycles. The number of alkyl halides is 8. The average Bonchev–Trinajstić information content (AvgIpc) is 2.81. The van der Waals surface area contributed by atoms with E-state index >= 15 is 4.39 Å². The monoisotopic (exact) mass is 657 g/mol. The lowest BCUT2D eigenvalue weighted by atomic mass is 9.93. The van der Waals surface area contributed by atoms with Crippen molar-refractivity contribution in [2.75, 3.05) is 18.6 Å². The maximum atomic E-state index is 15.2. The van der Waals surface area contributed by atoms with Crippen molar-refractivity contribution in [3.63, 3.8) is 0 Å². The Hall–Kier alpha value is -1.69. The van der Waals surface area contributed by atoms with Gasteiger partial charge in [-0.15, -0.1) is 0 Å². The molecule has 0 bridgehead atoms.